The van der Waals surface area contributed by atoms with Crippen molar-refractivity contribution < 1.29 is 9.59 Å². The lowest BCUT2D eigenvalue weighted by Gasteiger charge is -2.38. The van der Waals surface area contributed by atoms with Gasteiger partial charge < -0.3 is 14.8 Å². The first-order valence-electron chi connectivity index (χ1n) is 9.26. The fourth-order valence-corrected chi connectivity index (χ4v) is 3.32. The molecule has 144 valence electrons. The summed E-state index contributed by atoms with van der Waals surface area (Å²) >= 11 is 0. The summed E-state index contributed by atoms with van der Waals surface area (Å²) in [7, 11) is 0. The number of carbonyl (C=O) groups is 2. The number of amides is 2. The van der Waals surface area contributed by atoms with Gasteiger partial charge in [-0.3, -0.25) is 14.7 Å². The summed E-state index contributed by atoms with van der Waals surface area (Å²) in [5.74, 6) is -0.298. The number of rotatable bonds is 6. The van der Waals surface area contributed by atoms with Crippen LogP contribution in [-0.4, -0.2) is 56.1 Å². The number of hydrogen-bond acceptors (Lipinski definition) is 4. The molecule has 1 fully saturated rings. The fraction of sp³-hybridized carbons (Fsp3) is 0.300. The second kappa shape index (κ2) is 7.67. The molecule has 8 nitrogen and oxygen atoms in total. The van der Waals surface area contributed by atoms with Crippen molar-refractivity contribution in [3.8, 4) is 11.3 Å². The number of imidazole rings is 1. The zero-order valence-corrected chi connectivity index (χ0v) is 15.6. The first kappa shape index (κ1) is 18.0. The first-order chi connectivity index (χ1) is 13.6. The van der Waals surface area contributed by atoms with Gasteiger partial charge in [-0.05, 0) is 6.92 Å². The van der Waals surface area contributed by atoms with E-state index >= 15 is 0 Å². The van der Waals surface area contributed by atoms with E-state index in [1.54, 1.807) is 17.4 Å². The third kappa shape index (κ3) is 3.53. The van der Waals surface area contributed by atoms with Crippen LogP contribution in [0.5, 0.6) is 0 Å². The molecule has 4 rings (SSSR count). The number of likely N-dealkylation sites (tertiary alicyclic amines) is 1. The Bertz CT molecular complexity index is 958. The molecule has 0 spiro atoms. The Balaban J connectivity index is 1.30. The molecule has 0 atom stereocenters. The fourth-order valence-electron chi connectivity index (χ4n) is 3.32. The average Bonchev–Trinajstić information content (AvgIpc) is 3.31. The lowest BCUT2D eigenvalue weighted by Crippen LogP contribution is -2.56. The lowest BCUT2D eigenvalue weighted by atomic mass is 9.98. The van der Waals surface area contributed by atoms with E-state index in [9.17, 15) is 9.59 Å². The maximum Gasteiger partial charge on any atom is 0.272 e. The van der Waals surface area contributed by atoms with Crippen LogP contribution in [-0.2, 0) is 11.3 Å². The number of nitrogens with zero attached hydrogens (tertiary/aromatic N) is 4. The van der Waals surface area contributed by atoms with Crippen molar-refractivity contribution in [2.45, 2.75) is 13.5 Å². The van der Waals surface area contributed by atoms with Gasteiger partial charge in [-0.2, -0.15) is 5.10 Å². The summed E-state index contributed by atoms with van der Waals surface area (Å²) in [5.41, 5.74) is 3.05. The van der Waals surface area contributed by atoms with Gasteiger partial charge in [-0.25, -0.2) is 4.98 Å². The molecule has 2 aromatic heterocycles. The number of carbonyl (C=O) groups excluding carboxylic acids is 2. The molecule has 2 N–H and O–H groups in total. The molecule has 1 aliphatic heterocycles. The summed E-state index contributed by atoms with van der Waals surface area (Å²) in [4.78, 5) is 30.6. The van der Waals surface area contributed by atoms with Crippen LogP contribution < -0.4 is 5.32 Å². The number of nitrogens with one attached hydrogen (secondary N) is 2. The van der Waals surface area contributed by atoms with E-state index in [0.29, 0.717) is 31.9 Å². The van der Waals surface area contributed by atoms with Gasteiger partial charge in [0.25, 0.3) is 5.91 Å². The summed E-state index contributed by atoms with van der Waals surface area (Å²) in [6, 6.07) is 9.75. The maximum atomic E-state index is 12.7. The molecule has 0 saturated carbocycles. The number of aromatic amines is 1. The molecule has 28 heavy (non-hydrogen) atoms. The molecule has 3 aromatic rings. The highest BCUT2D eigenvalue weighted by Crippen LogP contribution is 2.25. The summed E-state index contributed by atoms with van der Waals surface area (Å²) in [6.45, 7) is 3.96. The Labute approximate surface area is 162 Å². The zero-order valence-electron chi connectivity index (χ0n) is 15.6. The monoisotopic (exact) mass is 378 g/mol. The minimum Gasteiger partial charge on any atom is -0.354 e. The van der Waals surface area contributed by atoms with Gasteiger partial charge in [-0.1, -0.05) is 30.3 Å². The van der Waals surface area contributed by atoms with Crippen LogP contribution in [0.25, 0.3) is 11.3 Å². The van der Waals surface area contributed by atoms with Crippen molar-refractivity contribution >= 4 is 11.8 Å². The Morgan fingerprint density at radius 3 is 2.75 bits per heavy atom. The molecule has 0 radical (unpaired) electrons. The molecule has 0 aliphatic carbocycles. The molecule has 1 aromatic carbocycles. The average molecular weight is 378 g/mol. The maximum absolute atomic E-state index is 12.7. The molecule has 0 unspecified atom stereocenters. The van der Waals surface area contributed by atoms with E-state index in [0.717, 1.165) is 16.8 Å². The standard InChI is InChI=1S/C20H22N6O2/c1-14-17(15-5-3-2-4-6-15)23-24-18(14)20(28)26-11-16(12-26)19(27)22-8-10-25-9-7-21-13-25/h2-7,9,13,16H,8,10-12H2,1H3,(H,22,27)(H,23,24). The third-order valence-electron chi connectivity index (χ3n) is 5.04. The number of H-pyrrole nitrogens is 1. The van der Waals surface area contributed by atoms with Gasteiger partial charge in [0.05, 0.1) is 17.9 Å². The van der Waals surface area contributed by atoms with Crippen molar-refractivity contribution in [3.63, 3.8) is 0 Å². The normalized spacial score (nSPS) is 14.0. The number of hydrogen-bond donors (Lipinski definition) is 2. The molecule has 2 amide bonds. The molecule has 1 saturated heterocycles. The highest BCUT2D eigenvalue weighted by Gasteiger charge is 2.37. The van der Waals surface area contributed by atoms with Gasteiger partial charge in [0, 0.05) is 49.7 Å². The van der Waals surface area contributed by atoms with Crippen LogP contribution in [0.1, 0.15) is 16.1 Å². The van der Waals surface area contributed by atoms with E-state index in [-0.39, 0.29) is 17.7 Å². The van der Waals surface area contributed by atoms with E-state index in [4.69, 9.17) is 0 Å². The van der Waals surface area contributed by atoms with E-state index < -0.39 is 0 Å². The van der Waals surface area contributed by atoms with Crippen LogP contribution in [0.3, 0.4) is 0 Å². The lowest BCUT2D eigenvalue weighted by molar-refractivity contribution is -0.129. The summed E-state index contributed by atoms with van der Waals surface area (Å²) < 4.78 is 1.90. The Hall–Kier alpha value is -3.42. The molecule has 1 aliphatic rings. The summed E-state index contributed by atoms with van der Waals surface area (Å²) in [5, 5.41) is 10.1. The van der Waals surface area contributed by atoms with Gasteiger partial charge in [0.15, 0.2) is 0 Å². The topological polar surface area (TPSA) is 95.9 Å². The quantitative estimate of drug-likeness (QED) is 0.679. The van der Waals surface area contributed by atoms with Crippen molar-refractivity contribution in [2.75, 3.05) is 19.6 Å². The van der Waals surface area contributed by atoms with Crippen molar-refractivity contribution in [3.05, 3.63) is 60.3 Å². The molecule has 3 heterocycles. The minimum absolute atomic E-state index is 0.0181. The Kier molecular flexibility index (Phi) is 4.92. The van der Waals surface area contributed by atoms with E-state index in [1.165, 1.54) is 0 Å². The van der Waals surface area contributed by atoms with Crippen molar-refractivity contribution in [2.24, 2.45) is 5.92 Å². The second-order valence-corrected chi connectivity index (χ2v) is 6.94. The smallest absolute Gasteiger partial charge is 0.272 e. The molecular formula is C20H22N6O2. The van der Waals surface area contributed by atoms with Crippen LogP contribution in [0, 0.1) is 12.8 Å². The van der Waals surface area contributed by atoms with Crippen LogP contribution in [0.2, 0.25) is 0 Å². The Morgan fingerprint density at radius 2 is 2.04 bits per heavy atom. The number of aromatic nitrogens is 4. The van der Waals surface area contributed by atoms with Crippen LogP contribution in [0.15, 0.2) is 49.1 Å². The first-order valence-corrected chi connectivity index (χ1v) is 9.26. The van der Waals surface area contributed by atoms with Gasteiger partial charge in [0.1, 0.15) is 5.69 Å². The van der Waals surface area contributed by atoms with Gasteiger partial charge in [-0.15, -0.1) is 0 Å². The molecule has 8 heteroatoms. The van der Waals surface area contributed by atoms with Crippen molar-refractivity contribution in [1.82, 2.24) is 30.0 Å². The summed E-state index contributed by atoms with van der Waals surface area (Å²) in [6.07, 6.45) is 5.27. The van der Waals surface area contributed by atoms with Gasteiger partial charge in [0.2, 0.25) is 5.91 Å². The highest BCUT2D eigenvalue weighted by atomic mass is 16.2. The predicted octanol–water partition coefficient (Wildman–Crippen LogP) is 1.47. The van der Waals surface area contributed by atoms with Crippen LogP contribution >= 0.6 is 0 Å². The van der Waals surface area contributed by atoms with Crippen LogP contribution in [0.4, 0.5) is 0 Å². The van der Waals surface area contributed by atoms with E-state index in [1.807, 2.05) is 48.0 Å². The largest absolute Gasteiger partial charge is 0.354 e. The van der Waals surface area contributed by atoms with Crippen molar-refractivity contribution in [1.29, 1.82) is 0 Å². The highest BCUT2D eigenvalue weighted by molar-refractivity contribution is 5.97. The predicted molar refractivity (Wildman–Crippen MR) is 103 cm³/mol. The number of benzene rings is 1. The Morgan fingerprint density at radius 1 is 1.25 bits per heavy atom. The minimum atomic E-state index is -0.163. The molecular weight excluding hydrogens is 356 g/mol. The third-order valence-corrected chi connectivity index (χ3v) is 5.04. The molecule has 0 bridgehead atoms. The zero-order chi connectivity index (χ0) is 19.5. The van der Waals surface area contributed by atoms with E-state index in [2.05, 4.69) is 20.5 Å². The SMILES string of the molecule is Cc1c(-c2ccccc2)n[nH]c1C(=O)N1CC(C(=O)NCCn2ccnc2)C1. The second-order valence-electron chi connectivity index (χ2n) is 6.94. The van der Waals surface area contributed by atoms with Gasteiger partial charge >= 0.3 is 0 Å².